The Balaban J connectivity index is 1.92. The summed E-state index contributed by atoms with van der Waals surface area (Å²) in [6.07, 6.45) is 0. The Kier molecular flexibility index (Phi) is 6.73. The van der Waals surface area contributed by atoms with Gasteiger partial charge in [-0.1, -0.05) is 35.9 Å². The van der Waals surface area contributed by atoms with E-state index in [1.807, 2.05) is 32.5 Å². The summed E-state index contributed by atoms with van der Waals surface area (Å²) in [5, 5.41) is 7.50. The van der Waals surface area contributed by atoms with Crippen LogP contribution in [0.4, 0.5) is 0 Å². The van der Waals surface area contributed by atoms with Gasteiger partial charge in [0.05, 0.1) is 10.9 Å². The lowest BCUT2D eigenvalue weighted by atomic mass is 10.0. The number of thiophene rings is 1. The van der Waals surface area contributed by atoms with Crippen molar-refractivity contribution >= 4 is 23.2 Å². The number of carbonyl (C=O) groups is 2. The maximum Gasteiger partial charge on any atom is 0.261 e. The van der Waals surface area contributed by atoms with E-state index in [0.717, 1.165) is 5.56 Å². The third-order valence-corrected chi connectivity index (χ3v) is 4.91. The molecule has 0 bridgehead atoms. The Morgan fingerprint density at radius 3 is 2.40 bits per heavy atom. The van der Waals surface area contributed by atoms with Gasteiger partial charge in [-0.05, 0) is 45.0 Å². The molecule has 0 spiro atoms. The van der Waals surface area contributed by atoms with Crippen LogP contribution in [-0.4, -0.2) is 43.4 Å². The molecule has 6 heteroatoms. The number of nitrogens with zero attached hydrogens (tertiary/aromatic N) is 1. The topological polar surface area (TPSA) is 61.4 Å². The van der Waals surface area contributed by atoms with Crippen molar-refractivity contribution in [3.8, 4) is 0 Å². The van der Waals surface area contributed by atoms with E-state index in [4.69, 9.17) is 0 Å². The summed E-state index contributed by atoms with van der Waals surface area (Å²) in [4.78, 5) is 27.0. The van der Waals surface area contributed by atoms with Crippen molar-refractivity contribution in [1.29, 1.82) is 0 Å². The van der Waals surface area contributed by atoms with Gasteiger partial charge in [0.25, 0.3) is 5.91 Å². The van der Waals surface area contributed by atoms with Gasteiger partial charge < -0.3 is 15.5 Å². The van der Waals surface area contributed by atoms with E-state index in [2.05, 4.69) is 39.8 Å². The minimum Gasteiger partial charge on any atom is -0.352 e. The van der Waals surface area contributed by atoms with Crippen LogP contribution in [0.2, 0.25) is 0 Å². The first kappa shape index (κ1) is 19.1. The molecule has 0 aliphatic heterocycles. The molecule has 0 saturated carbocycles. The maximum atomic E-state index is 12.3. The fourth-order valence-corrected chi connectivity index (χ4v) is 3.11. The van der Waals surface area contributed by atoms with Crippen LogP contribution in [0.1, 0.15) is 33.8 Å². The first-order valence-electron chi connectivity index (χ1n) is 8.23. The van der Waals surface area contributed by atoms with E-state index in [1.165, 1.54) is 16.9 Å². The molecule has 1 heterocycles. The number of aryl methyl sites for hydroxylation is 1. The van der Waals surface area contributed by atoms with Crippen molar-refractivity contribution in [1.82, 2.24) is 15.5 Å². The van der Waals surface area contributed by atoms with Crippen LogP contribution in [0.15, 0.2) is 41.8 Å². The zero-order chi connectivity index (χ0) is 18.4. The van der Waals surface area contributed by atoms with Crippen molar-refractivity contribution in [2.24, 2.45) is 0 Å². The number of likely N-dealkylation sites (N-methyl/N-ethyl adjacent to an activating group) is 1. The molecule has 2 amide bonds. The molecule has 0 radical (unpaired) electrons. The number of nitrogens with one attached hydrogen (secondary N) is 2. The molecule has 1 aromatic carbocycles. The first-order chi connectivity index (χ1) is 11.9. The predicted molar refractivity (Wildman–Crippen MR) is 102 cm³/mol. The quantitative estimate of drug-likeness (QED) is 0.799. The van der Waals surface area contributed by atoms with Crippen LogP contribution < -0.4 is 10.6 Å². The third-order valence-electron chi connectivity index (χ3n) is 4.04. The summed E-state index contributed by atoms with van der Waals surface area (Å²) >= 11 is 1.35. The number of hydrogen-bond donors (Lipinski definition) is 2. The Morgan fingerprint density at radius 1 is 1.16 bits per heavy atom. The second kappa shape index (κ2) is 8.78. The molecule has 5 nitrogen and oxygen atoms in total. The summed E-state index contributed by atoms with van der Waals surface area (Å²) in [6, 6.07) is 11.3. The molecule has 2 atom stereocenters. The van der Waals surface area contributed by atoms with Gasteiger partial charge in [0.2, 0.25) is 5.91 Å². The predicted octanol–water partition coefficient (Wildman–Crippen LogP) is 2.59. The lowest BCUT2D eigenvalue weighted by molar-refractivity contribution is -0.122. The molecule has 1 aromatic heterocycles. The Labute approximate surface area is 153 Å². The van der Waals surface area contributed by atoms with Gasteiger partial charge >= 0.3 is 0 Å². The first-order valence-corrected chi connectivity index (χ1v) is 9.11. The summed E-state index contributed by atoms with van der Waals surface area (Å²) in [5.41, 5.74) is 2.35. The number of benzene rings is 1. The second-order valence-corrected chi connectivity index (χ2v) is 7.26. The highest BCUT2D eigenvalue weighted by Crippen LogP contribution is 2.18. The fraction of sp³-hybridized carbons (Fsp3) is 0.368. The van der Waals surface area contributed by atoms with Gasteiger partial charge in [-0.2, -0.15) is 0 Å². The minimum atomic E-state index is -0.588. The van der Waals surface area contributed by atoms with Gasteiger partial charge in [0.1, 0.15) is 6.04 Å². The van der Waals surface area contributed by atoms with Crippen LogP contribution in [-0.2, 0) is 4.79 Å². The van der Waals surface area contributed by atoms with Crippen LogP contribution in [0.25, 0.3) is 0 Å². The summed E-state index contributed by atoms with van der Waals surface area (Å²) in [6.45, 7) is 4.22. The smallest absolute Gasteiger partial charge is 0.261 e. The monoisotopic (exact) mass is 359 g/mol. The van der Waals surface area contributed by atoms with Gasteiger partial charge in [-0.15, -0.1) is 11.3 Å². The standard InChI is InChI=1S/C19H25N3O2S/c1-13-7-9-15(10-8-13)16(22(3)4)12-20-18(23)14(2)21-19(24)17-6-5-11-25-17/h5-11,14,16H,12H2,1-4H3,(H,20,23)(H,21,24)/t14-,16+/m1/s1. The summed E-state index contributed by atoms with van der Waals surface area (Å²) in [5.74, 6) is -0.413. The Morgan fingerprint density at radius 2 is 1.84 bits per heavy atom. The molecule has 134 valence electrons. The van der Waals surface area contributed by atoms with Crippen LogP contribution in [0.5, 0.6) is 0 Å². The van der Waals surface area contributed by atoms with E-state index in [1.54, 1.807) is 13.0 Å². The van der Waals surface area contributed by atoms with Crippen molar-refractivity contribution < 1.29 is 9.59 Å². The molecule has 2 rings (SSSR count). The molecule has 0 fully saturated rings. The molecule has 0 saturated heterocycles. The van der Waals surface area contributed by atoms with Crippen LogP contribution in [0.3, 0.4) is 0 Å². The van der Waals surface area contributed by atoms with Crippen molar-refractivity contribution in [2.45, 2.75) is 25.9 Å². The van der Waals surface area contributed by atoms with E-state index < -0.39 is 6.04 Å². The average Bonchev–Trinajstić information content (AvgIpc) is 3.10. The van der Waals surface area contributed by atoms with Crippen LogP contribution >= 0.6 is 11.3 Å². The number of rotatable bonds is 7. The zero-order valence-electron chi connectivity index (χ0n) is 15.1. The number of amides is 2. The molecule has 25 heavy (non-hydrogen) atoms. The molecular formula is C19H25N3O2S. The minimum absolute atomic E-state index is 0.0738. The molecule has 0 aliphatic rings. The lowest BCUT2D eigenvalue weighted by Gasteiger charge is -2.26. The molecular weight excluding hydrogens is 334 g/mol. The Bertz CT molecular complexity index is 696. The maximum absolute atomic E-state index is 12.3. The number of hydrogen-bond acceptors (Lipinski definition) is 4. The van der Waals surface area contributed by atoms with Crippen molar-refractivity contribution in [3.05, 3.63) is 57.8 Å². The third kappa shape index (κ3) is 5.41. The highest BCUT2D eigenvalue weighted by molar-refractivity contribution is 7.12. The van der Waals surface area contributed by atoms with Crippen molar-refractivity contribution in [2.75, 3.05) is 20.6 Å². The fourth-order valence-electron chi connectivity index (χ4n) is 2.48. The molecule has 0 aliphatic carbocycles. The van der Waals surface area contributed by atoms with Gasteiger partial charge in [-0.3, -0.25) is 9.59 Å². The molecule has 2 N–H and O–H groups in total. The zero-order valence-corrected chi connectivity index (χ0v) is 15.9. The summed E-state index contributed by atoms with van der Waals surface area (Å²) < 4.78 is 0. The van der Waals surface area contributed by atoms with Crippen LogP contribution in [0, 0.1) is 6.92 Å². The molecule has 2 aromatic rings. The van der Waals surface area contributed by atoms with E-state index in [0.29, 0.717) is 11.4 Å². The SMILES string of the molecule is Cc1ccc([C@H](CNC(=O)[C@@H](C)NC(=O)c2cccs2)N(C)C)cc1. The summed E-state index contributed by atoms with van der Waals surface area (Å²) in [7, 11) is 3.97. The van der Waals surface area contributed by atoms with Gasteiger partial charge in [0.15, 0.2) is 0 Å². The normalized spacial score (nSPS) is 13.3. The average molecular weight is 359 g/mol. The lowest BCUT2D eigenvalue weighted by Crippen LogP contribution is -2.46. The van der Waals surface area contributed by atoms with Gasteiger partial charge in [0, 0.05) is 6.54 Å². The van der Waals surface area contributed by atoms with Crippen molar-refractivity contribution in [3.63, 3.8) is 0 Å². The van der Waals surface area contributed by atoms with E-state index in [-0.39, 0.29) is 17.9 Å². The highest BCUT2D eigenvalue weighted by Gasteiger charge is 2.20. The van der Waals surface area contributed by atoms with E-state index >= 15 is 0 Å². The number of carbonyl (C=O) groups excluding carboxylic acids is 2. The van der Waals surface area contributed by atoms with Gasteiger partial charge in [-0.25, -0.2) is 0 Å². The second-order valence-electron chi connectivity index (χ2n) is 6.31. The Hall–Kier alpha value is -2.18. The highest BCUT2D eigenvalue weighted by atomic mass is 32.1. The molecule has 0 unspecified atom stereocenters. The van der Waals surface area contributed by atoms with E-state index in [9.17, 15) is 9.59 Å². The largest absolute Gasteiger partial charge is 0.352 e.